The van der Waals surface area contributed by atoms with Gasteiger partial charge in [-0.2, -0.15) is 0 Å². The van der Waals surface area contributed by atoms with E-state index in [1.807, 2.05) is 12.4 Å². The number of aryl methyl sites for hydroxylation is 1. The number of pyridine rings is 1. The highest BCUT2D eigenvalue weighted by molar-refractivity contribution is 5.85. The van der Waals surface area contributed by atoms with Crippen molar-refractivity contribution in [3.8, 4) is 0 Å². The van der Waals surface area contributed by atoms with E-state index in [1.165, 1.54) is 21.9 Å². The van der Waals surface area contributed by atoms with Gasteiger partial charge in [-0.3, -0.25) is 4.98 Å². The zero-order valence-corrected chi connectivity index (χ0v) is 8.73. The molecule has 0 fully saturated rings. The first-order valence-electron chi connectivity index (χ1n) is 4.96. The van der Waals surface area contributed by atoms with Crippen LogP contribution >= 0.6 is 0 Å². The van der Waals surface area contributed by atoms with Crippen LogP contribution in [0.1, 0.15) is 11.1 Å². The quantitative estimate of drug-likeness (QED) is 0.774. The second kappa shape index (κ2) is 4.38. The third kappa shape index (κ3) is 2.14. The molecule has 15 heavy (non-hydrogen) atoms. The molecule has 0 aliphatic heterocycles. The summed E-state index contributed by atoms with van der Waals surface area (Å²) in [5.74, 6) is 5.00. The minimum absolute atomic E-state index is 0.546. The molecule has 0 saturated heterocycles. The molecule has 2 N–H and O–H groups in total. The average Bonchev–Trinajstić information content (AvgIpc) is 2.26. The van der Waals surface area contributed by atoms with Crippen LogP contribution in [0.3, 0.4) is 0 Å². The van der Waals surface area contributed by atoms with Crippen LogP contribution in [0, 0.1) is 6.92 Å². The van der Waals surface area contributed by atoms with E-state index in [1.54, 1.807) is 0 Å². The minimum Gasteiger partial charge on any atom is -0.304 e. The highest BCUT2D eigenvalue weighted by atomic mass is 16.6. The molecule has 0 unspecified atom stereocenters. The first-order valence-corrected chi connectivity index (χ1v) is 4.96. The van der Waals surface area contributed by atoms with E-state index in [0.29, 0.717) is 6.61 Å². The van der Waals surface area contributed by atoms with Gasteiger partial charge < -0.3 is 4.84 Å². The third-order valence-electron chi connectivity index (χ3n) is 2.53. The molecule has 0 spiro atoms. The standard InChI is InChI=1S/C12H14N2O/c1-9-7-14-8-11-6-10(4-5-15-13)2-3-12(9)11/h2-3,6-8H,4-5,13H2,1H3. The Morgan fingerprint density at radius 3 is 3.00 bits per heavy atom. The largest absolute Gasteiger partial charge is 0.304 e. The van der Waals surface area contributed by atoms with E-state index in [-0.39, 0.29) is 0 Å². The van der Waals surface area contributed by atoms with Crippen molar-refractivity contribution in [2.45, 2.75) is 13.3 Å². The minimum atomic E-state index is 0.546. The van der Waals surface area contributed by atoms with Gasteiger partial charge in [-0.1, -0.05) is 12.1 Å². The Hall–Kier alpha value is -1.45. The van der Waals surface area contributed by atoms with Crippen LogP contribution in [-0.4, -0.2) is 11.6 Å². The fourth-order valence-electron chi connectivity index (χ4n) is 1.71. The van der Waals surface area contributed by atoms with Gasteiger partial charge in [0.15, 0.2) is 0 Å². The smallest absolute Gasteiger partial charge is 0.0719 e. The van der Waals surface area contributed by atoms with Crippen molar-refractivity contribution in [3.05, 3.63) is 41.7 Å². The number of fused-ring (bicyclic) bond motifs is 1. The average molecular weight is 202 g/mol. The highest BCUT2D eigenvalue weighted by Crippen LogP contribution is 2.18. The zero-order valence-electron chi connectivity index (χ0n) is 8.73. The lowest BCUT2D eigenvalue weighted by molar-refractivity contribution is 0.141. The Labute approximate surface area is 88.8 Å². The van der Waals surface area contributed by atoms with Gasteiger partial charge in [-0.05, 0) is 35.9 Å². The van der Waals surface area contributed by atoms with Gasteiger partial charge in [-0.15, -0.1) is 0 Å². The van der Waals surface area contributed by atoms with Gasteiger partial charge in [0.05, 0.1) is 6.61 Å². The van der Waals surface area contributed by atoms with Crippen LogP contribution in [0.2, 0.25) is 0 Å². The van der Waals surface area contributed by atoms with E-state index in [4.69, 9.17) is 5.90 Å². The van der Waals surface area contributed by atoms with Crippen LogP contribution in [0.4, 0.5) is 0 Å². The van der Waals surface area contributed by atoms with E-state index in [9.17, 15) is 0 Å². The Morgan fingerprint density at radius 2 is 2.20 bits per heavy atom. The van der Waals surface area contributed by atoms with Crippen LogP contribution < -0.4 is 5.90 Å². The summed E-state index contributed by atoms with van der Waals surface area (Å²) >= 11 is 0. The SMILES string of the molecule is Cc1cncc2cc(CCON)ccc12. The molecule has 0 bridgehead atoms. The van der Waals surface area contributed by atoms with Crippen LogP contribution in [-0.2, 0) is 11.3 Å². The Bertz CT molecular complexity index is 468. The molecule has 0 saturated carbocycles. The molecular formula is C12H14N2O. The van der Waals surface area contributed by atoms with Crippen molar-refractivity contribution in [2.75, 3.05) is 6.61 Å². The lowest BCUT2D eigenvalue weighted by Crippen LogP contribution is -2.03. The Morgan fingerprint density at radius 1 is 1.33 bits per heavy atom. The zero-order chi connectivity index (χ0) is 10.7. The number of hydrogen-bond acceptors (Lipinski definition) is 3. The van der Waals surface area contributed by atoms with Crippen LogP contribution in [0.5, 0.6) is 0 Å². The molecular weight excluding hydrogens is 188 g/mol. The molecule has 3 heteroatoms. The molecule has 1 aromatic heterocycles. The first-order chi connectivity index (χ1) is 7.31. The molecule has 2 rings (SSSR count). The molecule has 2 aromatic rings. The fourth-order valence-corrected chi connectivity index (χ4v) is 1.71. The van der Waals surface area contributed by atoms with Gasteiger partial charge in [0.2, 0.25) is 0 Å². The van der Waals surface area contributed by atoms with Crippen molar-refractivity contribution in [1.82, 2.24) is 4.98 Å². The summed E-state index contributed by atoms with van der Waals surface area (Å²) in [5, 5.41) is 2.42. The summed E-state index contributed by atoms with van der Waals surface area (Å²) in [7, 11) is 0. The van der Waals surface area contributed by atoms with Crippen molar-refractivity contribution >= 4 is 10.8 Å². The van der Waals surface area contributed by atoms with E-state index in [2.05, 4.69) is 34.9 Å². The lowest BCUT2D eigenvalue weighted by atomic mass is 10.0. The van der Waals surface area contributed by atoms with Gasteiger partial charge in [-0.25, -0.2) is 5.90 Å². The Balaban J connectivity index is 2.39. The molecule has 78 valence electrons. The van der Waals surface area contributed by atoms with Crippen molar-refractivity contribution in [1.29, 1.82) is 0 Å². The number of benzene rings is 1. The third-order valence-corrected chi connectivity index (χ3v) is 2.53. The number of hydrogen-bond donors (Lipinski definition) is 1. The number of aromatic nitrogens is 1. The van der Waals surface area contributed by atoms with E-state index < -0.39 is 0 Å². The molecule has 3 nitrogen and oxygen atoms in total. The van der Waals surface area contributed by atoms with Crippen molar-refractivity contribution in [3.63, 3.8) is 0 Å². The fraction of sp³-hybridized carbons (Fsp3) is 0.250. The molecule has 0 aliphatic carbocycles. The number of nitrogens with two attached hydrogens (primary N) is 1. The van der Waals surface area contributed by atoms with Gasteiger partial charge >= 0.3 is 0 Å². The molecule has 0 atom stereocenters. The maximum atomic E-state index is 5.00. The molecule has 0 amide bonds. The summed E-state index contributed by atoms with van der Waals surface area (Å²) in [6.07, 6.45) is 4.60. The van der Waals surface area contributed by atoms with Gasteiger partial charge in [0, 0.05) is 17.8 Å². The monoisotopic (exact) mass is 202 g/mol. The number of nitrogens with zero attached hydrogens (tertiary/aromatic N) is 1. The molecule has 1 aromatic carbocycles. The summed E-state index contributed by atoms with van der Waals surface area (Å²) in [4.78, 5) is 8.74. The summed E-state index contributed by atoms with van der Waals surface area (Å²) in [6, 6.07) is 6.36. The second-order valence-corrected chi connectivity index (χ2v) is 3.63. The van der Waals surface area contributed by atoms with E-state index >= 15 is 0 Å². The summed E-state index contributed by atoms with van der Waals surface area (Å²) < 4.78 is 0. The van der Waals surface area contributed by atoms with Gasteiger partial charge in [0.1, 0.15) is 0 Å². The number of rotatable bonds is 3. The molecule has 0 radical (unpaired) electrons. The summed E-state index contributed by atoms with van der Waals surface area (Å²) in [6.45, 7) is 2.61. The maximum absolute atomic E-state index is 5.00. The lowest BCUT2D eigenvalue weighted by Gasteiger charge is -2.04. The normalized spacial score (nSPS) is 10.8. The maximum Gasteiger partial charge on any atom is 0.0719 e. The predicted octanol–water partition coefficient (Wildman–Crippen LogP) is 1.98. The van der Waals surface area contributed by atoms with E-state index in [0.717, 1.165) is 6.42 Å². The van der Waals surface area contributed by atoms with Crippen molar-refractivity contribution < 1.29 is 4.84 Å². The van der Waals surface area contributed by atoms with Crippen LogP contribution in [0.25, 0.3) is 10.8 Å². The molecule has 0 aliphatic rings. The Kier molecular flexibility index (Phi) is 2.94. The second-order valence-electron chi connectivity index (χ2n) is 3.63. The van der Waals surface area contributed by atoms with Gasteiger partial charge in [0.25, 0.3) is 0 Å². The first kappa shape index (κ1) is 10.1. The van der Waals surface area contributed by atoms with Crippen molar-refractivity contribution in [2.24, 2.45) is 5.90 Å². The summed E-state index contributed by atoms with van der Waals surface area (Å²) in [5.41, 5.74) is 2.43. The molecule has 1 heterocycles. The highest BCUT2D eigenvalue weighted by Gasteiger charge is 1.99. The van der Waals surface area contributed by atoms with Crippen LogP contribution in [0.15, 0.2) is 30.6 Å². The topological polar surface area (TPSA) is 48.1 Å². The predicted molar refractivity (Wildman–Crippen MR) is 60.3 cm³/mol.